The third-order valence-electron chi connectivity index (χ3n) is 2.61. The van der Waals surface area contributed by atoms with Gasteiger partial charge in [-0.3, -0.25) is 4.79 Å². The summed E-state index contributed by atoms with van der Waals surface area (Å²) in [5.41, 5.74) is 1.46. The first-order chi connectivity index (χ1) is 8.79. The molecule has 5 nitrogen and oxygen atoms in total. The van der Waals surface area contributed by atoms with Gasteiger partial charge in [-0.1, -0.05) is 18.2 Å². The van der Waals surface area contributed by atoms with Crippen molar-refractivity contribution in [3.8, 4) is 0 Å². The Kier molecular flexibility index (Phi) is 4.09. The van der Waals surface area contributed by atoms with Crippen LogP contribution < -0.4 is 5.32 Å². The van der Waals surface area contributed by atoms with Gasteiger partial charge in [0.15, 0.2) is 0 Å². The highest BCUT2D eigenvalue weighted by Crippen LogP contribution is 2.02. The van der Waals surface area contributed by atoms with Crippen LogP contribution in [0.2, 0.25) is 0 Å². The molecule has 0 aliphatic carbocycles. The van der Waals surface area contributed by atoms with Gasteiger partial charge < -0.3 is 15.4 Å². The number of hydrogen-bond acceptors (Lipinski definition) is 3. The van der Waals surface area contributed by atoms with Crippen LogP contribution in [-0.4, -0.2) is 33.6 Å². The lowest BCUT2D eigenvalue weighted by molar-refractivity contribution is 0.0916. The minimum absolute atomic E-state index is 0.113. The molecule has 1 amide bonds. The second kappa shape index (κ2) is 5.97. The molecule has 0 saturated carbocycles. The van der Waals surface area contributed by atoms with E-state index in [-0.39, 0.29) is 18.6 Å². The number of carbonyl (C=O) groups is 1. The summed E-state index contributed by atoms with van der Waals surface area (Å²) in [5, 5.41) is 12.1. The molecule has 0 spiro atoms. The molecular weight excluding hydrogens is 230 g/mol. The number of aromatic amines is 1. The summed E-state index contributed by atoms with van der Waals surface area (Å²) >= 11 is 0. The normalized spacial score (nSPS) is 12.1. The molecule has 1 heterocycles. The van der Waals surface area contributed by atoms with Crippen LogP contribution in [0.15, 0.2) is 42.9 Å². The largest absolute Gasteiger partial charge is 0.394 e. The van der Waals surface area contributed by atoms with E-state index in [4.69, 9.17) is 0 Å². The zero-order valence-electron chi connectivity index (χ0n) is 9.84. The highest BCUT2D eigenvalue weighted by atomic mass is 16.3. The number of rotatable bonds is 5. The first-order valence-electron chi connectivity index (χ1n) is 5.73. The van der Waals surface area contributed by atoms with Crippen molar-refractivity contribution in [3.63, 3.8) is 0 Å². The molecule has 1 aromatic carbocycles. The van der Waals surface area contributed by atoms with Crippen molar-refractivity contribution < 1.29 is 9.90 Å². The Morgan fingerprint density at radius 1 is 1.39 bits per heavy atom. The van der Waals surface area contributed by atoms with Gasteiger partial charge in [-0.15, -0.1) is 0 Å². The fourth-order valence-electron chi connectivity index (χ4n) is 1.68. The number of benzene rings is 1. The van der Waals surface area contributed by atoms with Gasteiger partial charge >= 0.3 is 0 Å². The lowest BCUT2D eigenvalue weighted by Gasteiger charge is -2.15. The van der Waals surface area contributed by atoms with Crippen molar-refractivity contribution in [1.29, 1.82) is 0 Å². The van der Waals surface area contributed by atoms with E-state index < -0.39 is 0 Å². The van der Waals surface area contributed by atoms with E-state index in [1.54, 1.807) is 36.8 Å². The molecule has 0 aliphatic heterocycles. The van der Waals surface area contributed by atoms with Gasteiger partial charge in [0, 0.05) is 23.9 Å². The van der Waals surface area contributed by atoms with Crippen molar-refractivity contribution in [2.24, 2.45) is 0 Å². The molecular formula is C13H15N3O2. The fraction of sp³-hybridized carbons (Fsp3) is 0.231. The predicted octanol–water partition coefficient (Wildman–Crippen LogP) is 0.743. The Bertz CT molecular complexity index is 482. The number of aliphatic hydroxyl groups excluding tert-OH is 1. The Morgan fingerprint density at radius 2 is 2.17 bits per heavy atom. The molecule has 94 valence electrons. The van der Waals surface area contributed by atoms with Crippen LogP contribution in [0.25, 0.3) is 0 Å². The lowest BCUT2D eigenvalue weighted by atomic mass is 10.1. The average molecular weight is 245 g/mol. The second-order valence-electron chi connectivity index (χ2n) is 4.00. The van der Waals surface area contributed by atoms with Gasteiger partial charge in [-0.05, 0) is 12.1 Å². The molecule has 2 aromatic rings. The first-order valence-corrected chi connectivity index (χ1v) is 5.73. The second-order valence-corrected chi connectivity index (χ2v) is 4.00. The Hall–Kier alpha value is -2.14. The quantitative estimate of drug-likeness (QED) is 0.727. The van der Waals surface area contributed by atoms with E-state index in [2.05, 4.69) is 15.3 Å². The topological polar surface area (TPSA) is 78.0 Å². The lowest BCUT2D eigenvalue weighted by Crippen LogP contribution is -2.39. The van der Waals surface area contributed by atoms with Gasteiger partial charge in [0.2, 0.25) is 0 Å². The maximum atomic E-state index is 11.9. The Labute approximate surface area is 105 Å². The van der Waals surface area contributed by atoms with Crippen molar-refractivity contribution in [2.75, 3.05) is 6.61 Å². The predicted molar refractivity (Wildman–Crippen MR) is 67.1 cm³/mol. The van der Waals surface area contributed by atoms with E-state index in [1.807, 2.05) is 6.07 Å². The minimum atomic E-state index is -0.321. The van der Waals surface area contributed by atoms with Crippen LogP contribution in [0.5, 0.6) is 0 Å². The summed E-state index contributed by atoms with van der Waals surface area (Å²) in [6.07, 6.45) is 3.77. The number of nitrogens with zero attached hydrogens (tertiary/aromatic N) is 1. The number of H-pyrrole nitrogens is 1. The number of amides is 1. The number of aliphatic hydroxyl groups is 1. The number of aromatic nitrogens is 2. The van der Waals surface area contributed by atoms with Crippen LogP contribution in [-0.2, 0) is 6.42 Å². The van der Waals surface area contributed by atoms with Gasteiger partial charge in [0.1, 0.15) is 0 Å². The van der Waals surface area contributed by atoms with Crippen molar-refractivity contribution >= 4 is 5.91 Å². The van der Waals surface area contributed by atoms with E-state index in [1.165, 1.54) is 0 Å². The summed E-state index contributed by atoms with van der Waals surface area (Å²) in [6, 6.07) is 8.61. The van der Waals surface area contributed by atoms with Crippen molar-refractivity contribution in [2.45, 2.75) is 12.5 Å². The first kappa shape index (κ1) is 12.3. The molecule has 5 heteroatoms. The number of carbonyl (C=O) groups excluding carboxylic acids is 1. The summed E-state index contributed by atoms with van der Waals surface area (Å²) in [5.74, 6) is -0.186. The van der Waals surface area contributed by atoms with Crippen molar-refractivity contribution in [1.82, 2.24) is 15.3 Å². The zero-order valence-corrected chi connectivity index (χ0v) is 9.84. The fourth-order valence-corrected chi connectivity index (χ4v) is 1.68. The minimum Gasteiger partial charge on any atom is -0.394 e. The molecule has 0 fully saturated rings. The highest BCUT2D eigenvalue weighted by molar-refractivity contribution is 5.94. The monoisotopic (exact) mass is 245 g/mol. The molecule has 0 radical (unpaired) electrons. The third-order valence-corrected chi connectivity index (χ3v) is 2.61. The molecule has 0 saturated heterocycles. The number of imidazole rings is 1. The van der Waals surface area contributed by atoms with Crippen LogP contribution >= 0.6 is 0 Å². The zero-order chi connectivity index (χ0) is 12.8. The standard InChI is InChI=1S/C13H15N3O2/c17-8-12(6-11-7-14-9-15-11)16-13(18)10-4-2-1-3-5-10/h1-5,7,9,12,17H,6,8H2,(H,14,15)(H,16,18). The van der Waals surface area contributed by atoms with Gasteiger partial charge in [-0.2, -0.15) is 0 Å². The summed E-state index contributed by atoms with van der Waals surface area (Å²) in [6.45, 7) is -0.113. The van der Waals surface area contributed by atoms with E-state index in [0.717, 1.165) is 5.69 Å². The Morgan fingerprint density at radius 3 is 2.78 bits per heavy atom. The molecule has 18 heavy (non-hydrogen) atoms. The van der Waals surface area contributed by atoms with Crippen LogP contribution in [0.4, 0.5) is 0 Å². The number of nitrogens with one attached hydrogen (secondary N) is 2. The molecule has 3 N–H and O–H groups in total. The molecule has 1 aromatic heterocycles. The number of hydrogen-bond donors (Lipinski definition) is 3. The van der Waals surface area contributed by atoms with Gasteiger partial charge in [0.05, 0.1) is 19.0 Å². The molecule has 0 aliphatic rings. The Balaban J connectivity index is 1.96. The summed E-state index contributed by atoms with van der Waals surface area (Å²) < 4.78 is 0. The summed E-state index contributed by atoms with van der Waals surface area (Å²) in [7, 11) is 0. The molecule has 1 atom stereocenters. The van der Waals surface area contributed by atoms with E-state index in [9.17, 15) is 9.90 Å². The van der Waals surface area contributed by atoms with Gasteiger partial charge in [-0.25, -0.2) is 4.98 Å². The maximum absolute atomic E-state index is 11.9. The SMILES string of the molecule is O=C(NC(CO)Cc1cnc[nH]1)c1ccccc1. The third kappa shape index (κ3) is 3.18. The van der Waals surface area contributed by atoms with Crippen LogP contribution in [0.1, 0.15) is 16.1 Å². The smallest absolute Gasteiger partial charge is 0.251 e. The molecule has 2 rings (SSSR count). The van der Waals surface area contributed by atoms with E-state index >= 15 is 0 Å². The molecule has 1 unspecified atom stereocenters. The van der Waals surface area contributed by atoms with Crippen LogP contribution in [0.3, 0.4) is 0 Å². The summed E-state index contributed by atoms with van der Waals surface area (Å²) in [4.78, 5) is 18.7. The highest BCUT2D eigenvalue weighted by Gasteiger charge is 2.13. The van der Waals surface area contributed by atoms with Gasteiger partial charge in [0.25, 0.3) is 5.91 Å². The van der Waals surface area contributed by atoms with Crippen molar-refractivity contribution in [3.05, 3.63) is 54.1 Å². The average Bonchev–Trinajstić information content (AvgIpc) is 2.91. The maximum Gasteiger partial charge on any atom is 0.251 e. The van der Waals surface area contributed by atoms with E-state index in [0.29, 0.717) is 12.0 Å². The molecule has 0 bridgehead atoms. The van der Waals surface area contributed by atoms with Crippen LogP contribution in [0, 0.1) is 0 Å².